The molecule has 1 heteroatoms. The predicted octanol–water partition coefficient (Wildman–Crippen LogP) is 7.44. The Morgan fingerprint density at radius 1 is 0.519 bits per heavy atom. The molecule has 0 spiro atoms. The van der Waals surface area contributed by atoms with Crippen molar-refractivity contribution in [1.29, 1.82) is 0 Å². The molecule has 4 aromatic carbocycles. The Bertz CT molecular complexity index is 1040. The van der Waals surface area contributed by atoms with Gasteiger partial charge in [-0.25, -0.2) is 0 Å². The Kier molecular flexibility index (Phi) is 4.45. The van der Waals surface area contributed by atoms with Gasteiger partial charge in [0.2, 0.25) is 0 Å². The van der Waals surface area contributed by atoms with Gasteiger partial charge in [0.25, 0.3) is 0 Å². The van der Waals surface area contributed by atoms with E-state index in [0.717, 1.165) is 0 Å². The number of fused-ring (bicyclic) bond motifs is 1. The van der Waals surface area contributed by atoms with Crippen LogP contribution in [0.2, 0.25) is 0 Å². The predicted molar refractivity (Wildman–Crippen MR) is 118 cm³/mol. The lowest BCUT2D eigenvalue weighted by atomic mass is 10.00. The maximum absolute atomic E-state index is 2.41. The normalized spacial score (nSPS) is 11.5. The highest BCUT2D eigenvalue weighted by Crippen LogP contribution is 2.35. The van der Waals surface area contributed by atoms with Gasteiger partial charge in [0.15, 0.2) is 0 Å². The van der Waals surface area contributed by atoms with Crippen LogP contribution in [0.3, 0.4) is 0 Å². The van der Waals surface area contributed by atoms with Crippen LogP contribution in [-0.2, 0) is 0 Å². The SMILES string of the molecule is CC(C)(C)N(c1ccc(-c2ccccc2)cc1)c1ccc2ccccc2c1. The molecular weight excluding hydrogens is 326 g/mol. The standard InChI is InChI=1S/C26H25N/c1-26(2,3)27(25-18-15-21-11-7-8-12-23(21)19-25)24-16-13-22(14-17-24)20-9-5-4-6-10-20/h4-19H,1-3H3. The van der Waals surface area contributed by atoms with E-state index in [9.17, 15) is 0 Å². The summed E-state index contributed by atoms with van der Waals surface area (Å²) in [6, 6.07) is 34.6. The van der Waals surface area contributed by atoms with Crippen LogP contribution in [0, 0.1) is 0 Å². The van der Waals surface area contributed by atoms with Crippen molar-refractivity contribution in [2.24, 2.45) is 0 Å². The fourth-order valence-corrected chi connectivity index (χ4v) is 3.67. The lowest BCUT2D eigenvalue weighted by Crippen LogP contribution is -2.37. The molecule has 0 aromatic heterocycles. The van der Waals surface area contributed by atoms with E-state index in [0.29, 0.717) is 0 Å². The summed E-state index contributed by atoms with van der Waals surface area (Å²) in [7, 11) is 0. The molecule has 0 fully saturated rings. The molecule has 134 valence electrons. The Balaban J connectivity index is 1.76. The van der Waals surface area contributed by atoms with Crippen LogP contribution in [-0.4, -0.2) is 5.54 Å². The molecular formula is C26H25N. The fourth-order valence-electron chi connectivity index (χ4n) is 3.67. The van der Waals surface area contributed by atoms with Gasteiger partial charge in [0.1, 0.15) is 0 Å². The zero-order valence-corrected chi connectivity index (χ0v) is 16.2. The van der Waals surface area contributed by atoms with Crippen molar-refractivity contribution in [3.63, 3.8) is 0 Å². The minimum Gasteiger partial charge on any atom is -0.336 e. The molecule has 4 rings (SSSR count). The summed E-state index contributed by atoms with van der Waals surface area (Å²) in [4.78, 5) is 2.41. The topological polar surface area (TPSA) is 3.24 Å². The molecule has 0 saturated carbocycles. The summed E-state index contributed by atoms with van der Waals surface area (Å²) in [5.74, 6) is 0. The summed E-state index contributed by atoms with van der Waals surface area (Å²) >= 11 is 0. The Labute approximate surface area is 161 Å². The molecule has 0 atom stereocenters. The summed E-state index contributed by atoms with van der Waals surface area (Å²) in [6.07, 6.45) is 0. The van der Waals surface area contributed by atoms with Crippen LogP contribution in [0.5, 0.6) is 0 Å². The molecule has 0 bridgehead atoms. The van der Waals surface area contributed by atoms with E-state index in [1.165, 1.54) is 33.3 Å². The first-order valence-corrected chi connectivity index (χ1v) is 9.47. The smallest absolute Gasteiger partial charge is 0.0422 e. The summed E-state index contributed by atoms with van der Waals surface area (Å²) in [5, 5.41) is 2.54. The van der Waals surface area contributed by atoms with Crippen molar-refractivity contribution >= 4 is 22.1 Å². The fraction of sp³-hybridized carbons (Fsp3) is 0.154. The van der Waals surface area contributed by atoms with Gasteiger partial charge in [-0.15, -0.1) is 0 Å². The lowest BCUT2D eigenvalue weighted by molar-refractivity contribution is 0.560. The van der Waals surface area contributed by atoms with Gasteiger partial charge < -0.3 is 4.90 Å². The van der Waals surface area contributed by atoms with Crippen molar-refractivity contribution in [2.75, 3.05) is 4.90 Å². The van der Waals surface area contributed by atoms with E-state index in [4.69, 9.17) is 0 Å². The van der Waals surface area contributed by atoms with Crippen molar-refractivity contribution < 1.29 is 0 Å². The second-order valence-corrected chi connectivity index (χ2v) is 7.95. The first kappa shape index (κ1) is 17.4. The van der Waals surface area contributed by atoms with Crippen molar-refractivity contribution in [2.45, 2.75) is 26.3 Å². The number of hydrogen-bond acceptors (Lipinski definition) is 1. The van der Waals surface area contributed by atoms with Crippen molar-refractivity contribution in [3.8, 4) is 11.1 Å². The third-order valence-corrected chi connectivity index (χ3v) is 4.89. The molecule has 0 saturated heterocycles. The van der Waals surface area contributed by atoms with Crippen LogP contribution in [0.4, 0.5) is 11.4 Å². The van der Waals surface area contributed by atoms with E-state index in [-0.39, 0.29) is 5.54 Å². The quantitative estimate of drug-likeness (QED) is 0.370. The number of rotatable bonds is 3. The molecule has 4 aromatic rings. The summed E-state index contributed by atoms with van der Waals surface area (Å²) < 4.78 is 0. The average molecular weight is 351 g/mol. The van der Waals surface area contributed by atoms with Gasteiger partial charge >= 0.3 is 0 Å². The maximum atomic E-state index is 2.41. The zero-order valence-electron chi connectivity index (χ0n) is 16.2. The minimum absolute atomic E-state index is 0.0310. The Hall–Kier alpha value is -3.06. The molecule has 0 aliphatic carbocycles. The van der Waals surface area contributed by atoms with Gasteiger partial charge in [-0.2, -0.15) is 0 Å². The van der Waals surface area contributed by atoms with Gasteiger partial charge in [-0.05, 0) is 66.9 Å². The number of benzene rings is 4. The largest absolute Gasteiger partial charge is 0.336 e. The molecule has 0 radical (unpaired) electrons. The number of anilines is 2. The lowest BCUT2D eigenvalue weighted by Gasteiger charge is -2.38. The van der Waals surface area contributed by atoms with Crippen LogP contribution in [0.15, 0.2) is 97.1 Å². The van der Waals surface area contributed by atoms with Crippen LogP contribution >= 0.6 is 0 Å². The van der Waals surface area contributed by atoms with Gasteiger partial charge in [-0.3, -0.25) is 0 Å². The van der Waals surface area contributed by atoms with E-state index in [1.807, 2.05) is 0 Å². The highest BCUT2D eigenvalue weighted by molar-refractivity contribution is 5.87. The minimum atomic E-state index is -0.0310. The average Bonchev–Trinajstić information content (AvgIpc) is 2.68. The third kappa shape index (κ3) is 3.59. The Morgan fingerprint density at radius 2 is 1.07 bits per heavy atom. The van der Waals surface area contributed by atoms with E-state index in [2.05, 4.69) is 123 Å². The van der Waals surface area contributed by atoms with Gasteiger partial charge in [0.05, 0.1) is 0 Å². The molecule has 0 aliphatic rings. The number of hydrogen-bond donors (Lipinski definition) is 0. The third-order valence-electron chi connectivity index (χ3n) is 4.89. The second-order valence-electron chi connectivity index (χ2n) is 7.95. The van der Waals surface area contributed by atoms with Crippen LogP contribution < -0.4 is 4.90 Å². The highest BCUT2D eigenvalue weighted by atomic mass is 15.2. The summed E-state index contributed by atoms with van der Waals surface area (Å²) in [5.41, 5.74) is 4.88. The maximum Gasteiger partial charge on any atom is 0.0422 e. The van der Waals surface area contributed by atoms with E-state index in [1.54, 1.807) is 0 Å². The zero-order chi connectivity index (χ0) is 18.9. The first-order chi connectivity index (χ1) is 13.0. The van der Waals surface area contributed by atoms with Crippen LogP contribution in [0.25, 0.3) is 21.9 Å². The molecule has 0 heterocycles. The first-order valence-electron chi connectivity index (χ1n) is 9.47. The molecule has 0 N–H and O–H groups in total. The molecule has 27 heavy (non-hydrogen) atoms. The molecule has 0 aliphatic heterocycles. The molecule has 0 unspecified atom stereocenters. The summed E-state index contributed by atoms with van der Waals surface area (Å²) in [6.45, 7) is 6.77. The van der Waals surface area contributed by atoms with Crippen LogP contribution in [0.1, 0.15) is 20.8 Å². The van der Waals surface area contributed by atoms with Crippen molar-refractivity contribution in [3.05, 3.63) is 97.1 Å². The number of nitrogens with zero attached hydrogens (tertiary/aromatic N) is 1. The van der Waals surface area contributed by atoms with Crippen molar-refractivity contribution in [1.82, 2.24) is 0 Å². The molecule has 1 nitrogen and oxygen atoms in total. The van der Waals surface area contributed by atoms with Gasteiger partial charge in [-0.1, -0.05) is 72.8 Å². The molecule has 0 amide bonds. The second kappa shape index (κ2) is 6.92. The monoisotopic (exact) mass is 351 g/mol. The Morgan fingerprint density at radius 3 is 1.74 bits per heavy atom. The van der Waals surface area contributed by atoms with E-state index >= 15 is 0 Å². The van der Waals surface area contributed by atoms with Gasteiger partial charge in [0, 0.05) is 16.9 Å². The van der Waals surface area contributed by atoms with E-state index < -0.39 is 0 Å². The highest BCUT2D eigenvalue weighted by Gasteiger charge is 2.23.